The number of hydrogen-bond donors (Lipinski definition) is 1. The maximum Gasteiger partial charge on any atom is 0.145 e. The van der Waals surface area contributed by atoms with Crippen LogP contribution in [0.5, 0.6) is 5.75 Å². The van der Waals surface area contributed by atoms with E-state index < -0.39 is 0 Å². The Morgan fingerprint density at radius 1 is 1.37 bits per heavy atom. The molecule has 0 atom stereocenters. The van der Waals surface area contributed by atoms with E-state index in [0.29, 0.717) is 11.6 Å². The Morgan fingerprint density at radius 3 is 2.68 bits per heavy atom. The molecule has 0 spiro atoms. The van der Waals surface area contributed by atoms with E-state index in [0.717, 1.165) is 28.0 Å². The van der Waals surface area contributed by atoms with Crippen molar-refractivity contribution in [3.63, 3.8) is 0 Å². The lowest BCUT2D eigenvalue weighted by molar-refractivity contribution is 0.419. The summed E-state index contributed by atoms with van der Waals surface area (Å²) in [4.78, 5) is 6.68. The lowest BCUT2D eigenvalue weighted by Gasteiger charge is -2.18. The van der Waals surface area contributed by atoms with Crippen molar-refractivity contribution in [2.45, 2.75) is 6.54 Å². The average molecular weight is 280 g/mol. The molecule has 2 rings (SSSR count). The smallest absolute Gasteiger partial charge is 0.145 e. The van der Waals surface area contributed by atoms with Gasteiger partial charge in [-0.2, -0.15) is 0 Å². The lowest BCUT2D eigenvalue weighted by Crippen LogP contribution is -2.13. The molecule has 4 nitrogen and oxygen atoms in total. The van der Waals surface area contributed by atoms with Crippen LogP contribution in [0.25, 0.3) is 10.9 Å². The van der Waals surface area contributed by atoms with Gasteiger partial charge in [-0.05, 0) is 25.2 Å². The molecule has 0 amide bonds. The van der Waals surface area contributed by atoms with E-state index in [2.05, 4.69) is 10.3 Å². The van der Waals surface area contributed by atoms with Crippen molar-refractivity contribution < 1.29 is 4.74 Å². The summed E-state index contributed by atoms with van der Waals surface area (Å²) in [6.45, 7) is 0.701. The number of benzene rings is 1. The van der Waals surface area contributed by atoms with E-state index in [1.165, 1.54) is 0 Å². The third kappa shape index (κ3) is 2.60. The number of ether oxygens (including phenoxy) is 1. The van der Waals surface area contributed by atoms with Crippen molar-refractivity contribution >= 4 is 28.2 Å². The molecule has 0 radical (unpaired) electrons. The van der Waals surface area contributed by atoms with Crippen LogP contribution in [0.4, 0.5) is 5.69 Å². The first kappa shape index (κ1) is 13.9. The monoisotopic (exact) mass is 279 g/mol. The van der Waals surface area contributed by atoms with Gasteiger partial charge in [-0.3, -0.25) is 0 Å². The fraction of sp³-hybridized carbons (Fsp3) is 0.357. The van der Waals surface area contributed by atoms with Crippen molar-refractivity contribution in [3.05, 3.63) is 28.9 Å². The topological polar surface area (TPSA) is 37.4 Å². The molecular weight excluding hydrogens is 262 g/mol. The zero-order valence-corrected chi connectivity index (χ0v) is 12.4. The summed E-state index contributed by atoms with van der Waals surface area (Å²) in [7, 11) is 7.53. The van der Waals surface area contributed by atoms with Gasteiger partial charge < -0.3 is 15.0 Å². The zero-order valence-electron chi connectivity index (χ0n) is 11.6. The van der Waals surface area contributed by atoms with Gasteiger partial charge in [-0.25, -0.2) is 4.98 Å². The summed E-state index contributed by atoms with van der Waals surface area (Å²) in [6.07, 6.45) is 0. The number of halogens is 1. The van der Waals surface area contributed by atoms with Gasteiger partial charge in [0.05, 0.1) is 17.8 Å². The molecule has 1 heterocycles. The van der Waals surface area contributed by atoms with Crippen LogP contribution in [0.3, 0.4) is 0 Å². The van der Waals surface area contributed by atoms with Crippen molar-refractivity contribution in [1.82, 2.24) is 10.3 Å². The number of fused-ring (bicyclic) bond motifs is 1. The summed E-state index contributed by atoms with van der Waals surface area (Å²) in [5.74, 6) is 0.737. The second-order valence-electron chi connectivity index (χ2n) is 4.53. The molecule has 0 fully saturated rings. The molecule has 0 aliphatic rings. The highest BCUT2D eigenvalue weighted by molar-refractivity contribution is 6.36. The maximum atomic E-state index is 6.33. The minimum atomic E-state index is 0.683. The maximum absolute atomic E-state index is 6.33. The predicted octanol–water partition coefficient (Wildman–Crippen LogP) is 2.68. The van der Waals surface area contributed by atoms with Gasteiger partial charge >= 0.3 is 0 Å². The van der Waals surface area contributed by atoms with E-state index in [9.17, 15) is 0 Å². The molecule has 0 aliphatic heterocycles. The van der Waals surface area contributed by atoms with E-state index in [4.69, 9.17) is 16.3 Å². The molecule has 0 saturated heterocycles. The number of rotatable bonds is 4. The Labute approximate surface area is 118 Å². The highest BCUT2D eigenvalue weighted by atomic mass is 35.5. The van der Waals surface area contributed by atoms with Gasteiger partial charge in [-0.1, -0.05) is 11.6 Å². The van der Waals surface area contributed by atoms with Gasteiger partial charge in [0.15, 0.2) is 0 Å². The summed E-state index contributed by atoms with van der Waals surface area (Å²) in [5, 5.41) is 4.72. The minimum Gasteiger partial charge on any atom is -0.494 e. The summed E-state index contributed by atoms with van der Waals surface area (Å²) >= 11 is 6.33. The van der Waals surface area contributed by atoms with Gasteiger partial charge in [-0.15, -0.1) is 0 Å². The number of nitrogens with zero attached hydrogens (tertiary/aromatic N) is 2. The Hall–Kier alpha value is -1.52. The van der Waals surface area contributed by atoms with Gasteiger partial charge in [0, 0.05) is 31.7 Å². The predicted molar refractivity (Wildman–Crippen MR) is 80.4 cm³/mol. The van der Waals surface area contributed by atoms with Crippen molar-refractivity contribution in [2.75, 3.05) is 33.2 Å². The van der Waals surface area contributed by atoms with Crippen LogP contribution in [-0.2, 0) is 6.54 Å². The average Bonchev–Trinajstić information content (AvgIpc) is 2.38. The normalized spacial score (nSPS) is 10.8. The Balaban J connectivity index is 2.81. The molecule has 5 heteroatoms. The van der Waals surface area contributed by atoms with E-state index in [1.807, 2.05) is 44.2 Å². The Kier molecular flexibility index (Phi) is 4.12. The van der Waals surface area contributed by atoms with Crippen LogP contribution < -0.4 is 15.0 Å². The first-order valence-corrected chi connectivity index (χ1v) is 6.44. The molecule has 0 aliphatic carbocycles. The van der Waals surface area contributed by atoms with Crippen LogP contribution in [0.15, 0.2) is 18.2 Å². The number of hydrogen-bond acceptors (Lipinski definition) is 4. The first-order valence-electron chi connectivity index (χ1n) is 6.06. The van der Waals surface area contributed by atoms with Crippen molar-refractivity contribution in [2.24, 2.45) is 0 Å². The zero-order chi connectivity index (χ0) is 14.0. The minimum absolute atomic E-state index is 0.683. The number of methoxy groups -OCH3 is 1. The third-order valence-electron chi connectivity index (χ3n) is 2.96. The van der Waals surface area contributed by atoms with Gasteiger partial charge in [0.25, 0.3) is 0 Å². The van der Waals surface area contributed by atoms with E-state index in [1.54, 1.807) is 7.11 Å². The molecule has 0 bridgehead atoms. The highest BCUT2D eigenvalue weighted by Crippen LogP contribution is 2.36. The lowest BCUT2D eigenvalue weighted by atomic mass is 10.1. The van der Waals surface area contributed by atoms with Gasteiger partial charge in [0.1, 0.15) is 11.3 Å². The molecule has 102 valence electrons. The van der Waals surface area contributed by atoms with E-state index in [-0.39, 0.29) is 0 Å². The van der Waals surface area contributed by atoms with E-state index >= 15 is 0 Å². The van der Waals surface area contributed by atoms with Crippen LogP contribution in [0, 0.1) is 0 Å². The molecule has 19 heavy (non-hydrogen) atoms. The van der Waals surface area contributed by atoms with Gasteiger partial charge in [0.2, 0.25) is 0 Å². The standard InChI is InChI=1S/C14H18ClN3O/c1-16-8-9-7-11(18(2)3)13-10(15)5-6-12(19-4)14(13)17-9/h5-7,16H,8H2,1-4H3. The quantitative estimate of drug-likeness (QED) is 0.934. The number of pyridine rings is 1. The molecule has 1 aromatic heterocycles. The second-order valence-corrected chi connectivity index (χ2v) is 4.94. The van der Waals surface area contributed by atoms with Crippen LogP contribution in [0.1, 0.15) is 5.69 Å². The molecular formula is C14H18ClN3O. The summed E-state index contributed by atoms with van der Waals surface area (Å²) < 4.78 is 5.39. The molecule has 2 aromatic rings. The van der Waals surface area contributed by atoms with Crippen LogP contribution in [0.2, 0.25) is 5.02 Å². The third-order valence-corrected chi connectivity index (χ3v) is 3.28. The SMILES string of the molecule is CNCc1cc(N(C)C)c2c(Cl)ccc(OC)c2n1. The fourth-order valence-electron chi connectivity index (χ4n) is 2.10. The highest BCUT2D eigenvalue weighted by Gasteiger charge is 2.14. The van der Waals surface area contributed by atoms with Crippen LogP contribution >= 0.6 is 11.6 Å². The fourth-order valence-corrected chi connectivity index (χ4v) is 2.35. The number of anilines is 1. The van der Waals surface area contributed by atoms with Crippen molar-refractivity contribution in [3.8, 4) is 5.75 Å². The number of aromatic nitrogens is 1. The summed E-state index contributed by atoms with van der Waals surface area (Å²) in [6, 6.07) is 5.74. The molecule has 0 unspecified atom stereocenters. The molecule has 1 aromatic carbocycles. The summed E-state index contributed by atoms with van der Waals surface area (Å²) in [5.41, 5.74) is 2.80. The largest absolute Gasteiger partial charge is 0.494 e. The Morgan fingerprint density at radius 2 is 2.11 bits per heavy atom. The molecule has 0 saturated carbocycles. The number of nitrogens with one attached hydrogen (secondary N) is 1. The Bertz CT molecular complexity index is 599. The second kappa shape index (κ2) is 5.63. The van der Waals surface area contributed by atoms with Crippen molar-refractivity contribution in [1.29, 1.82) is 0 Å². The first-order chi connectivity index (χ1) is 9.08. The molecule has 1 N–H and O–H groups in total. The van der Waals surface area contributed by atoms with Crippen LogP contribution in [-0.4, -0.2) is 33.2 Å².